The summed E-state index contributed by atoms with van der Waals surface area (Å²) in [6, 6.07) is 3.29. The molecule has 102 valence electrons. The number of aromatic nitrogens is 2. The molecule has 1 aromatic carbocycles. The van der Waals surface area contributed by atoms with Gasteiger partial charge in [0, 0.05) is 19.3 Å². The number of benzene rings is 1. The fourth-order valence-corrected chi connectivity index (χ4v) is 2.16. The highest BCUT2D eigenvalue weighted by molar-refractivity contribution is 6.52. The zero-order valence-electron chi connectivity index (χ0n) is 10.4. The van der Waals surface area contributed by atoms with Crippen molar-refractivity contribution in [2.24, 2.45) is 7.05 Å². The molecule has 7 heteroatoms. The van der Waals surface area contributed by atoms with E-state index in [1.807, 2.05) is 0 Å². The number of carbonyl (C=O) groups is 2. The summed E-state index contributed by atoms with van der Waals surface area (Å²) >= 11 is 0. The maximum absolute atomic E-state index is 13.3. The van der Waals surface area contributed by atoms with Crippen LogP contribution in [-0.4, -0.2) is 21.5 Å². The molecular formula is C13H9F2N3O2. The largest absolute Gasteiger partial charge is 0.299 e. The summed E-state index contributed by atoms with van der Waals surface area (Å²) in [5.41, 5.74) is 0.501. The Bertz CT molecular complexity index is 739. The van der Waals surface area contributed by atoms with Gasteiger partial charge in [-0.15, -0.1) is 0 Å². The first kappa shape index (κ1) is 12.5. The van der Waals surface area contributed by atoms with E-state index in [0.29, 0.717) is 5.69 Å². The predicted octanol–water partition coefficient (Wildman–Crippen LogP) is 1.43. The van der Waals surface area contributed by atoms with Crippen molar-refractivity contribution >= 4 is 17.4 Å². The Morgan fingerprint density at radius 2 is 1.90 bits per heavy atom. The second-order valence-corrected chi connectivity index (χ2v) is 4.48. The van der Waals surface area contributed by atoms with E-state index in [-0.39, 0.29) is 17.8 Å². The van der Waals surface area contributed by atoms with Crippen LogP contribution < -0.4 is 4.90 Å². The topological polar surface area (TPSA) is 55.2 Å². The highest BCUT2D eigenvalue weighted by Gasteiger charge is 2.37. The summed E-state index contributed by atoms with van der Waals surface area (Å²) in [5, 5.41) is 4.09. The van der Waals surface area contributed by atoms with Gasteiger partial charge in [0.25, 0.3) is 11.7 Å². The molecule has 20 heavy (non-hydrogen) atoms. The molecule has 1 aliphatic heterocycles. The fraction of sp³-hybridized carbons (Fsp3) is 0.154. The van der Waals surface area contributed by atoms with Gasteiger partial charge in [-0.3, -0.25) is 19.2 Å². The zero-order chi connectivity index (χ0) is 14.4. The van der Waals surface area contributed by atoms with Gasteiger partial charge in [0.15, 0.2) is 11.6 Å². The number of hydrogen-bond donors (Lipinski definition) is 0. The van der Waals surface area contributed by atoms with E-state index in [1.165, 1.54) is 0 Å². The van der Waals surface area contributed by atoms with Gasteiger partial charge in [-0.1, -0.05) is 0 Å². The second kappa shape index (κ2) is 4.22. The molecule has 1 aliphatic rings. The molecule has 0 saturated carbocycles. The van der Waals surface area contributed by atoms with Crippen LogP contribution in [0.2, 0.25) is 0 Å². The van der Waals surface area contributed by atoms with Gasteiger partial charge in [-0.05, 0) is 12.1 Å². The molecule has 1 amide bonds. The number of fused-ring (bicyclic) bond motifs is 1. The summed E-state index contributed by atoms with van der Waals surface area (Å²) in [5.74, 6) is -3.90. The lowest BCUT2D eigenvalue weighted by Crippen LogP contribution is -2.29. The van der Waals surface area contributed by atoms with Crippen molar-refractivity contribution in [3.8, 4) is 0 Å². The van der Waals surface area contributed by atoms with E-state index in [4.69, 9.17) is 0 Å². The van der Waals surface area contributed by atoms with Crippen LogP contribution >= 0.6 is 0 Å². The Labute approximate surface area is 112 Å². The molecule has 2 aromatic rings. The standard InChI is InChI=1S/C13H9F2N3O2/c1-17-3-2-7(16-17)6-18-11-5-10(15)9(14)4-8(11)12(19)13(18)20/h2-5H,6H2,1H3. The van der Waals surface area contributed by atoms with E-state index in [0.717, 1.165) is 17.0 Å². The molecule has 0 radical (unpaired) electrons. The van der Waals surface area contributed by atoms with Crippen LogP contribution in [0, 0.1) is 11.6 Å². The Hall–Kier alpha value is -2.57. The number of nitrogens with zero attached hydrogens (tertiary/aromatic N) is 3. The van der Waals surface area contributed by atoms with Crippen molar-refractivity contribution in [1.82, 2.24) is 9.78 Å². The quantitative estimate of drug-likeness (QED) is 0.780. The van der Waals surface area contributed by atoms with Crippen LogP contribution in [0.15, 0.2) is 24.4 Å². The van der Waals surface area contributed by atoms with Crippen molar-refractivity contribution in [2.75, 3.05) is 4.90 Å². The third-order valence-corrected chi connectivity index (χ3v) is 3.10. The van der Waals surface area contributed by atoms with Gasteiger partial charge in [0.2, 0.25) is 0 Å². The predicted molar refractivity (Wildman–Crippen MR) is 65.1 cm³/mol. The fourth-order valence-electron chi connectivity index (χ4n) is 2.16. The van der Waals surface area contributed by atoms with E-state index in [2.05, 4.69) is 5.10 Å². The van der Waals surface area contributed by atoms with Crippen molar-refractivity contribution in [1.29, 1.82) is 0 Å². The van der Waals surface area contributed by atoms with Gasteiger partial charge in [0.05, 0.1) is 23.5 Å². The molecule has 0 unspecified atom stereocenters. The molecule has 3 rings (SSSR count). The number of aryl methyl sites for hydroxylation is 1. The summed E-state index contributed by atoms with van der Waals surface area (Å²) in [6.45, 7) is 0.0312. The first-order chi connectivity index (χ1) is 9.47. The highest BCUT2D eigenvalue weighted by atomic mass is 19.2. The molecule has 0 bridgehead atoms. The zero-order valence-corrected chi connectivity index (χ0v) is 10.4. The highest BCUT2D eigenvalue weighted by Crippen LogP contribution is 2.31. The van der Waals surface area contributed by atoms with Crippen LogP contribution in [0.25, 0.3) is 0 Å². The third kappa shape index (κ3) is 1.78. The van der Waals surface area contributed by atoms with Gasteiger partial charge in [-0.2, -0.15) is 5.10 Å². The summed E-state index contributed by atoms with van der Waals surface area (Å²) < 4.78 is 28.0. The molecule has 0 aliphatic carbocycles. The third-order valence-electron chi connectivity index (χ3n) is 3.10. The molecule has 2 heterocycles. The molecule has 0 saturated heterocycles. The van der Waals surface area contributed by atoms with Crippen LogP contribution in [0.5, 0.6) is 0 Å². The van der Waals surface area contributed by atoms with Crippen LogP contribution in [-0.2, 0) is 18.4 Å². The van der Waals surface area contributed by atoms with Gasteiger partial charge < -0.3 is 0 Å². The minimum Gasteiger partial charge on any atom is -0.299 e. The van der Waals surface area contributed by atoms with E-state index in [9.17, 15) is 18.4 Å². The smallest absolute Gasteiger partial charge is 0.299 e. The van der Waals surface area contributed by atoms with Crippen LogP contribution in [0.1, 0.15) is 16.1 Å². The Morgan fingerprint density at radius 3 is 2.55 bits per heavy atom. The number of carbonyl (C=O) groups excluding carboxylic acids is 2. The van der Waals surface area contributed by atoms with E-state index < -0.39 is 23.3 Å². The number of ketones is 1. The lowest BCUT2D eigenvalue weighted by Gasteiger charge is -2.14. The van der Waals surface area contributed by atoms with Crippen molar-refractivity contribution < 1.29 is 18.4 Å². The summed E-state index contributed by atoms with van der Waals surface area (Å²) in [7, 11) is 1.71. The first-order valence-corrected chi connectivity index (χ1v) is 5.81. The monoisotopic (exact) mass is 277 g/mol. The lowest BCUT2D eigenvalue weighted by atomic mass is 10.1. The molecule has 0 N–H and O–H groups in total. The van der Waals surface area contributed by atoms with E-state index >= 15 is 0 Å². The summed E-state index contributed by atoms with van der Waals surface area (Å²) in [6.07, 6.45) is 1.68. The minimum atomic E-state index is -1.15. The molecule has 0 spiro atoms. The van der Waals surface area contributed by atoms with Crippen LogP contribution in [0.4, 0.5) is 14.5 Å². The minimum absolute atomic E-state index is 0.0312. The number of rotatable bonds is 2. The Kier molecular flexibility index (Phi) is 2.63. The maximum atomic E-state index is 13.3. The number of anilines is 1. The lowest BCUT2D eigenvalue weighted by molar-refractivity contribution is -0.114. The van der Waals surface area contributed by atoms with Gasteiger partial charge in [-0.25, -0.2) is 8.78 Å². The molecule has 0 atom stereocenters. The van der Waals surface area contributed by atoms with Gasteiger partial charge in [0.1, 0.15) is 0 Å². The second-order valence-electron chi connectivity index (χ2n) is 4.48. The van der Waals surface area contributed by atoms with Crippen LogP contribution in [0.3, 0.4) is 0 Å². The average Bonchev–Trinajstić information content (AvgIpc) is 2.90. The van der Waals surface area contributed by atoms with Crippen molar-refractivity contribution in [3.05, 3.63) is 47.3 Å². The average molecular weight is 277 g/mol. The first-order valence-electron chi connectivity index (χ1n) is 5.81. The normalized spacial score (nSPS) is 14.1. The number of Topliss-reactive ketones (excluding diaryl/α,β-unsaturated/α-hetero) is 1. The number of amides is 1. The Morgan fingerprint density at radius 1 is 1.20 bits per heavy atom. The molecule has 5 nitrogen and oxygen atoms in total. The van der Waals surface area contributed by atoms with Crippen molar-refractivity contribution in [2.45, 2.75) is 6.54 Å². The Balaban J connectivity index is 2.03. The maximum Gasteiger partial charge on any atom is 0.299 e. The van der Waals surface area contributed by atoms with E-state index in [1.54, 1.807) is 24.0 Å². The number of halogens is 2. The molecule has 1 aromatic heterocycles. The molecule has 0 fully saturated rings. The molecular weight excluding hydrogens is 268 g/mol. The summed E-state index contributed by atoms with van der Waals surface area (Å²) in [4.78, 5) is 24.8. The number of hydrogen-bond acceptors (Lipinski definition) is 3. The van der Waals surface area contributed by atoms with Gasteiger partial charge >= 0.3 is 0 Å². The SMILES string of the molecule is Cn1ccc(CN2C(=O)C(=O)c3cc(F)c(F)cc32)n1. The van der Waals surface area contributed by atoms with Crippen molar-refractivity contribution in [3.63, 3.8) is 0 Å².